The molecule has 0 saturated carbocycles. The van der Waals surface area contributed by atoms with Crippen LogP contribution in [0.5, 0.6) is 5.75 Å². The number of rotatable bonds is 7. The highest BCUT2D eigenvalue weighted by atomic mass is 19.4. The number of carbonyl (C=O) groups is 2. The molecule has 2 aromatic carbocycles. The van der Waals surface area contributed by atoms with E-state index < -0.39 is 29.9 Å². The average Bonchev–Trinajstić information content (AvgIpc) is 2.76. The summed E-state index contributed by atoms with van der Waals surface area (Å²) in [5, 5.41) is 5.06. The van der Waals surface area contributed by atoms with Crippen LogP contribution in [0.15, 0.2) is 42.5 Å². The number of benzene rings is 2. The van der Waals surface area contributed by atoms with E-state index in [2.05, 4.69) is 15.4 Å². The molecule has 0 radical (unpaired) electrons. The fraction of sp³-hybridized carbons (Fsp3) is 0.364. The minimum atomic E-state index is -4.79. The van der Waals surface area contributed by atoms with E-state index in [0.717, 1.165) is 24.3 Å². The van der Waals surface area contributed by atoms with Gasteiger partial charge in [-0.2, -0.15) is 0 Å². The van der Waals surface area contributed by atoms with Crippen LogP contribution in [0.2, 0.25) is 0 Å². The first-order valence-corrected chi connectivity index (χ1v) is 10.4. The molecular weight excluding hydrogens is 463 g/mol. The van der Waals surface area contributed by atoms with Crippen molar-refractivity contribution in [3.8, 4) is 5.75 Å². The average molecular weight is 486 g/mol. The SMILES string of the molecule is CC(C(=O)Nc1ccc(F)cc1F)N1CCN(CC(=O)Nc2ccc(OC(F)(F)F)cc2)CC1. The smallest absolute Gasteiger partial charge is 0.406 e. The summed E-state index contributed by atoms with van der Waals surface area (Å²) in [6.45, 7) is 3.69. The van der Waals surface area contributed by atoms with Crippen LogP contribution in [0.3, 0.4) is 0 Å². The van der Waals surface area contributed by atoms with Crippen LogP contribution in [-0.4, -0.2) is 66.7 Å². The van der Waals surface area contributed by atoms with Gasteiger partial charge in [0.15, 0.2) is 0 Å². The maximum absolute atomic E-state index is 13.8. The van der Waals surface area contributed by atoms with Crippen molar-refractivity contribution < 1.29 is 36.3 Å². The van der Waals surface area contributed by atoms with Gasteiger partial charge in [0, 0.05) is 37.9 Å². The standard InChI is InChI=1S/C22H23F5N4O3/c1-14(21(33)29-19-7-2-15(23)12-18(19)24)31-10-8-30(9-11-31)13-20(32)28-16-3-5-17(6-4-16)34-22(25,26)27/h2-7,12,14H,8-11,13H2,1H3,(H,28,32)(H,29,33). The van der Waals surface area contributed by atoms with E-state index >= 15 is 0 Å². The number of amides is 2. The number of halogens is 5. The number of anilines is 2. The maximum Gasteiger partial charge on any atom is 0.573 e. The lowest BCUT2D eigenvalue weighted by Gasteiger charge is -2.37. The van der Waals surface area contributed by atoms with Crippen LogP contribution in [-0.2, 0) is 9.59 Å². The third-order valence-corrected chi connectivity index (χ3v) is 5.26. The fourth-order valence-corrected chi connectivity index (χ4v) is 3.45. The highest BCUT2D eigenvalue weighted by Gasteiger charge is 2.31. The summed E-state index contributed by atoms with van der Waals surface area (Å²) in [5.41, 5.74) is 0.225. The van der Waals surface area contributed by atoms with E-state index in [9.17, 15) is 31.5 Å². The fourth-order valence-electron chi connectivity index (χ4n) is 3.45. The second-order valence-electron chi connectivity index (χ2n) is 7.72. The Balaban J connectivity index is 1.43. The number of ether oxygens (including phenoxy) is 1. The van der Waals surface area contributed by atoms with E-state index in [0.29, 0.717) is 37.9 Å². The molecule has 1 atom stereocenters. The van der Waals surface area contributed by atoms with Crippen molar-refractivity contribution in [1.29, 1.82) is 0 Å². The summed E-state index contributed by atoms with van der Waals surface area (Å²) in [5.74, 6) is -2.76. The van der Waals surface area contributed by atoms with Gasteiger partial charge in [-0.25, -0.2) is 8.78 Å². The van der Waals surface area contributed by atoms with Gasteiger partial charge < -0.3 is 15.4 Å². The van der Waals surface area contributed by atoms with Crippen LogP contribution < -0.4 is 15.4 Å². The number of nitrogens with zero attached hydrogens (tertiary/aromatic N) is 2. The molecule has 2 N–H and O–H groups in total. The van der Waals surface area contributed by atoms with Crippen LogP contribution >= 0.6 is 0 Å². The summed E-state index contributed by atoms with van der Waals surface area (Å²) in [6, 6.07) is 7.15. The lowest BCUT2D eigenvalue weighted by atomic mass is 10.2. The molecule has 2 amide bonds. The molecule has 0 spiro atoms. The van der Waals surface area contributed by atoms with Gasteiger partial charge in [0.25, 0.3) is 0 Å². The molecule has 1 saturated heterocycles. The summed E-state index contributed by atoms with van der Waals surface area (Å²) in [7, 11) is 0. The van der Waals surface area contributed by atoms with Crippen molar-refractivity contribution in [3.05, 3.63) is 54.1 Å². The number of alkyl halides is 3. The molecule has 0 aliphatic carbocycles. The Kier molecular flexibility index (Phi) is 8.05. The highest BCUT2D eigenvalue weighted by molar-refractivity contribution is 5.94. The third-order valence-electron chi connectivity index (χ3n) is 5.26. The first-order valence-electron chi connectivity index (χ1n) is 10.4. The van der Waals surface area contributed by atoms with Gasteiger partial charge in [-0.05, 0) is 43.3 Å². The predicted molar refractivity (Wildman–Crippen MR) is 114 cm³/mol. The molecule has 1 heterocycles. The number of nitrogens with one attached hydrogen (secondary N) is 2. The molecule has 7 nitrogen and oxygen atoms in total. The lowest BCUT2D eigenvalue weighted by molar-refractivity contribution is -0.274. The van der Waals surface area contributed by atoms with Crippen molar-refractivity contribution in [1.82, 2.24) is 9.80 Å². The van der Waals surface area contributed by atoms with Crippen molar-refractivity contribution in [2.75, 3.05) is 43.4 Å². The molecule has 1 fully saturated rings. The molecule has 1 aliphatic heterocycles. The van der Waals surface area contributed by atoms with Crippen molar-refractivity contribution in [3.63, 3.8) is 0 Å². The van der Waals surface area contributed by atoms with Crippen molar-refractivity contribution >= 4 is 23.2 Å². The summed E-state index contributed by atoms with van der Waals surface area (Å²) in [4.78, 5) is 28.5. The zero-order valence-electron chi connectivity index (χ0n) is 18.2. The second-order valence-corrected chi connectivity index (χ2v) is 7.72. The quantitative estimate of drug-likeness (QED) is 0.587. The molecule has 0 bridgehead atoms. The zero-order chi connectivity index (χ0) is 24.9. The third kappa shape index (κ3) is 7.39. The Bertz CT molecular complexity index is 1010. The zero-order valence-corrected chi connectivity index (χ0v) is 18.2. The van der Waals surface area contributed by atoms with Crippen LogP contribution in [0.1, 0.15) is 6.92 Å². The van der Waals surface area contributed by atoms with Crippen LogP contribution in [0.25, 0.3) is 0 Å². The lowest BCUT2D eigenvalue weighted by Crippen LogP contribution is -2.53. The Labute approximate surface area is 192 Å². The van der Waals surface area contributed by atoms with Gasteiger partial charge in [0.2, 0.25) is 11.8 Å². The number of carbonyl (C=O) groups excluding carboxylic acids is 2. The Hall–Kier alpha value is -3.25. The number of hydrogen-bond donors (Lipinski definition) is 2. The Morgan fingerprint density at radius 2 is 1.65 bits per heavy atom. The number of piperazine rings is 1. The van der Waals surface area contributed by atoms with Gasteiger partial charge in [-0.15, -0.1) is 13.2 Å². The molecule has 34 heavy (non-hydrogen) atoms. The van der Waals surface area contributed by atoms with Gasteiger partial charge in [-0.1, -0.05) is 0 Å². The van der Waals surface area contributed by atoms with Gasteiger partial charge in [-0.3, -0.25) is 19.4 Å². The van der Waals surface area contributed by atoms with Crippen molar-refractivity contribution in [2.45, 2.75) is 19.3 Å². The molecule has 3 rings (SSSR count). The molecule has 184 valence electrons. The van der Waals surface area contributed by atoms with E-state index in [-0.39, 0.29) is 23.9 Å². The second kappa shape index (κ2) is 10.8. The maximum atomic E-state index is 13.8. The van der Waals surface area contributed by atoms with E-state index in [4.69, 9.17) is 0 Å². The molecule has 1 unspecified atom stereocenters. The van der Waals surface area contributed by atoms with Gasteiger partial charge >= 0.3 is 6.36 Å². The minimum Gasteiger partial charge on any atom is -0.406 e. The molecule has 12 heteroatoms. The van der Waals surface area contributed by atoms with E-state index in [1.54, 1.807) is 6.92 Å². The number of hydrogen-bond acceptors (Lipinski definition) is 5. The van der Waals surface area contributed by atoms with E-state index in [1.165, 1.54) is 12.1 Å². The van der Waals surface area contributed by atoms with E-state index in [1.807, 2.05) is 9.80 Å². The van der Waals surface area contributed by atoms with Gasteiger partial charge in [0.05, 0.1) is 18.3 Å². The predicted octanol–water partition coefficient (Wildman–Crippen LogP) is 3.45. The largest absolute Gasteiger partial charge is 0.573 e. The summed E-state index contributed by atoms with van der Waals surface area (Å²) in [6.07, 6.45) is -4.79. The first-order chi connectivity index (χ1) is 16.0. The highest BCUT2D eigenvalue weighted by Crippen LogP contribution is 2.24. The minimum absolute atomic E-state index is 0.0655. The Morgan fingerprint density at radius 3 is 2.24 bits per heavy atom. The van der Waals surface area contributed by atoms with Crippen LogP contribution in [0.4, 0.5) is 33.3 Å². The molecule has 0 aromatic heterocycles. The summed E-state index contributed by atoms with van der Waals surface area (Å²) < 4.78 is 67.2. The molecule has 2 aromatic rings. The normalized spacial score (nSPS) is 16.1. The van der Waals surface area contributed by atoms with Crippen molar-refractivity contribution in [2.24, 2.45) is 0 Å². The monoisotopic (exact) mass is 486 g/mol. The molecular formula is C22H23F5N4O3. The van der Waals surface area contributed by atoms with Crippen LogP contribution in [0, 0.1) is 11.6 Å². The van der Waals surface area contributed by atoms with Gasteiger partial charge in [0.1, 0.15) is 17.4 Å². The summed E-state index contributed by atoms with van der Waals surface area (Å²) >= 11 is 0. The Morgan fingerprint density at radius 1 is 1.00 bits per heavy atom. The first kappa shape index (κ1) is 25.4. The topological polar surface area (TPSA) is 73.9 Å². The molecule has 1 aliphatic rings.